The van der Waals surface area contributed by atoms with E-state index in [2.05, 4.69) is 45.0 Å². The van der Waals surface area contributed by atoms with Crippen molar-refractivity contribution in [3.05, 3.63) is 58.7 Å². The van der Waals surface area contributed by atoms with Crippen molar-refractivity contribution in [2.45, 2.75) is 6.92 Å². The summed E-state index contributed by atoms with van der Waals surface area (Å²) in [6.45, 7) is 2.09. The lowest BCUT2D eigenvalue weighted by Crippen LogP contribution is -1.87. The maximum Gasteiger partial charge on any atom is 0.137 e. The van der Waals surface area contributed by atoms with Crippen LogP contribution in [-0.2, 0) is 0 Å². The van der Waals surface area contributed by atoms with Gasteiger partial charge in [-0.1, -0.05) is 34.1 Å². The molecule has 100 valence electrons. The van der Waals surface area contributed by atoms with Crippen LogP contribution >= 0.6 is 15.9 Å². The van der Waals surface area contributed by atoms with Crippen molar-refractivity contribution in [3.8, 4) is 22.6 Å². The van der Waals surface area contributed by atoms with Crippen LogP contribution in [0.4, 0.5) is 5.69 Å². The number of halogens is 1. The minimum Gasteiger partial charge on any atom is -0.399 e. The van der Waals surface area contributed by atoms with E-state index in [4.69, 9.17) is 5.73 Å². The highest BCUT2D eigenvalue weighted by Gasteiger charge is 2.08. The number of aromatic nitrogens is 2. The number of aromatic amines is 1. The number of hydrogen-bond acceptors (Lipinski definition) is 2. The third-order valence-electron chi connectivity index (χ3n) is 3.23. The zero-order valence-electron chi connectivity index (χ0n) is 11.0. The summed E-state index contributed by atoms with van der Waals surface area (Å²) in [4.78, 5) is 7.80. The van der Waals surface area contributed by atoms with Crippen molar-refractivity contribution in [1.29, 1.82) is 0 Å². The molecule has 20 heavy (non-hydrogen) atoms. The van der Waals surface area contributed by atoms with Crippen molar-refractivity contribution in [3.63, 3.8) is 0 Å². The molecule has 1 heterocycles. The molecule has 0 spiro atoms. The lowest BCUT2D eigenvalue weighted by Gasteiger charge is -2.04. The molecule has 4 heteroatoms. The SMILES string of the molecule is Cc1ccc(Br)cc1-c1cnc(-c2cccc(N)c2)[nH]1. The van der Waals surface area contributed by atoms with Gasteiger partial charge in [-0.2, -0.15) is 0 Å². The van der Waals surface area contributed by atoms with Crippen LogP contribution in [0.1, 0.15) is 5.56 Å². The van der Waals surface area contributed by atoms with Gasteiger partial charge in [-0.25, -0.2) is 4.98 Å². The highest BCUT2D eigenvalue weighted by molar-refractivity contribution is 9.10. The molecule has 0 aliphatic carbocycles. The number of nitrogens with one attached hydrogen (secondary N) is 1. The molecule has 0 unspecified atom stereocenters. The first-order valence-corrected chi connectivity index (χ1v) is 7.10. The standard InChI is InChI=1S/C16H14BrN3/c1-10-5-6-12(17)8-14(10)15-9-19-16(20-15)11-3-2-4-13(18)7-11/h2-9H,18H2,1H3,(H,19,20). The van der Waals surface area contributed by atoms with E-state index in [1.807, 2.05) is 36.5 Å². The van der Waals surface area contributed by atoms with Gasteiger partial charge in [0.1, 0.15) is 5.82 Å². The molecule has 0 fully saturated rings. The molecular formula is C16H14BrN3. The molecule has 0 atom stereocenters. The molecular weight excluding hydrogens is 314 g/mol. The van der Waals surface area contributed by atoms with E-state index >= 15 is 0 Å². The van der Waals surface area contributed by atoms with Gasteiger partial charge in [-0.05, 0) is 36.8 Å². The van der Waals surface area contributed by atoms with E-state index in [1.165, 1.54) is 5.56 Å². The Morgan fingerprint density at radius 3 is 2.80 bits per heavy atom. The molecule has 1 aromatic heterocycles. The molecule has 3 N–H and O–H groups in total. The number of hydrogen-bond donors (Lipinski definition) is 2. The van der Waals surface area contributed by atoms with Gasteiger partial charge in [-0.3, -0.25) is 0 Å². The average Bonchev–Trinajstić information content (AvgIpc) is 2.91. The zero-order chi connectivity index (χ0) is 14.1. The fourth-order valence-electron chi connectivity index (χ4n) is 2.18. The third-order valence-corrected chi connectivity index (χ3v) is 3.72. The summed E-state index contributed by atoms with van der Waals surface area (Å²) in [6, 6.07) is 13.9. The number of nitrogens with two attached hydrogens (primary N) is 1. The first-order valence-electron chi connectivity index (χ1n) is 6.31. The number of H-pyrrole nitrogens is 1. The van der Waals surface area contributed by atoms with Gasteiger partial charge in [0.05, 0.1) is 11.9 Å². The van der Waals surface area contributed by atoms with E-state index in [1.54, 1.807) is 0 Å². The van der Waals surface area contributed by atoms with Gasteiger partial charge in [-0.15, -0.1) is 0 Å². The second-order valence-corrected chi connectivity index (χ2v) is 5.65. The number of aryl methyl sites for hydroxylation is 1. The summed E-state index contributed by atoms with van der Waals surface area (Å²) in [5, 5.41) is 0. The maximum atomic E-state index is 5.81. The summed E-state index contributed by atoms with van der Waals surface area (Å²) in [7, 11) is 0. The Bertz CT molecular complexity index is 762. The number of anilines is 1. The van der Waals surface area contributed by atoms with Crippen LogP contribution in [0.3, 0.4) is 0 Å². The third kappa shape index (κ3) is 2.47. The van der Waals surface area contributed by atoms with Gasteiger partial charge in [0.2, 0.25) is 0 Å². The molecule has 0 saturated carbocycles. The monoisotopic (exact) mass is 327 g/mol. The van der Waals surface area contributed by atoms with Crippen LogP contribution in [0.15, 0.2) is 53.1 Å². The van der Waals surface area contributed by atoms with Crippen molar-refractivity contribution in [1.82, 2.24) is 9.97 Å². The fraction of sp³-hybridized carbons (Fsp3) is 0.0625. The Morgan fingerprint density at radius 2 is 2.00 bits per heavy atom. The predicted molar refractivity (Wildman–Crippen MR) is 86.3 cm³/mol. The zero-order valence-corrected chi connectivity index (χ0v) is 12.6. The van der Waals surface area contributed by atoms with Crippen molar-refractivity contribution in [2.24, 2.45) is 0 Å². The molecule has 3 nitrogen and oxygen atoms in total. The van der Waals surface area contributed by atoms with E-state index < -0.39 is 0 Å². The Labute approximate surface area is 126 Å². The first kappa shape index (κ1) is 12.9. The lowest BCUT2D eigenvalue weighted by molar-refractivity contribution is 1.30. The van der Waals surface area contributed by atoms with Crippen molar-refractivity contribution in [2.75, 3.05) is 5.73 Å². The summed E-state index contributed by atoms with van der Waals surface area (Å²) in [5.74, 6) is 0.826. The van der Waals surface area contributed by atoms with Gasteiger partial charge in [0.15, 0.2) is 0 Å². The molecule has 0 bridgehead atoms. The number of nitrogen functional groups attached to an aromatic ring is 1. The summed E-state index contributed by atoms with van der Waals surface area (Å²) < 4.78 is 1.05. The Kier molecular flexibility index (Phi) is 3.32. The normalized spacial score (nSPS) is 10.7. The molecule has 0 radical (unpaired) electrons. The lowest BCUT2D eigenvalue weighted by atomic mass is 10.1. The predicted octanol–water partition coefficient (Wildman–Crippen LogP) is 4.40. The molecule has 0 amide bonds. The Balaban J connectivity index is 2.04. The minimum atomic E-state index is 0.735. The van der Waals surface area contributed by atoms with Crippen LogP contribution in [0, 0.1) is 6.92 Å². The number of rotatable bonds is 2. The largest absolute Gasteiger partial charge is 0.399 e. The van der Waals surface area contributed by atoms with E-state index in [9.17, 15) is 0 Å². The van der Waals surface area contributed by atoms with Crippen LogP contribution in [0.5, 0.6) is 0 Å². The maximum absolute atomic E-state index is 5.81. The number of benzene rings is 2. The molecule has 0 saturated heterocycles. The van der Waals surface area contributed by atoms with Gasteiger partial charge >= 0.3 is 0 Å². The Morgan fingerprint density at radius 1 is 1.15 bits per heavy atom. The second kappa shape index (κ2) is 5.13. The minimum absolute atomic E-state index is 0.735. The smallest absolute Gasteiger partial charge is 0.137 e. The van der Waals surface area contributed by atoms with Crippen molar-refractivity contribution >= 4 is 21.6 Å². The van der Waals surface area contributed by atoms with Crippen molar-refractivity contribution < 1.29 is 0 Å². The molecule has 0 aliphatic heterocycles. The summed E-state index contributed by atoms with van der Waals surface area (Å²) >= 11 is 3.50. The van der Waals surface area contributed by atoms with E-state index in [0.717, 1.165) is 32.8 Å². The summed E-state index contributed by atoms with van der Waals surface area (Å²) in [6.07, 6.45) is 1.85. The van der Waals surface area contributed by atoms with Crippen LogP contribution in [-0.4, -0.2) is 9.97 Å². The van der Waals surface area contributed by atoms with E-state index in [-0.39, 0.29) is 0 Å². The highest BCUT2D eigenvalue weighted by atomic mass is 79.9. The highest BCUT2D eigenvalue weighted by Crippen LogP contribution is 2.27. The van der Waals surface area contributed by atoms with Gasteiger partial charge < -0.3 is 10.7 Å². The van der Waals surface area contributed by atoms with E-state index in [0.29, 0.717) is 0 Å². The first-order chi connectivity index (χ1) is 9.63. The quantitative estimate of drug-likeness (QED) is 0.685. The topological polar surface area (TPSA) is 54.7 Å². The van der Waals surface area contributed by atoms with Crippen LogP contribution in [0.2, 0.25) is 0 Å². The molecule has 0 aliphatic rings. The molecule has 3 aromatic rings. The number of imidazole rings is 1. The second-order valence-electron chi connectivity index (χ2n) is 4.73. The number of nitrogens with zero attached hydrogens (tertiary/aromatic N) is 1. The van der Waals surface area contributed by atoms with Gasteiger partial charge in [0.25, 0.3) is 0 Å². The fourth-order valence-corrected chi connectivity index (χ4v) is 2.54. The Hall–Kier alpha value is -2.07. The van der Waals surface area contributed by atoms with Crippen LogP contribution < -0.4 is 5.73 Å². The average molecular weight is 328 g/mol. The van der Waals surface area contributed by atoms with Gasteiger partial charge in [0, 0.05) is 21.3 Å². The van der Waals surface area contributed by atoms with Crippen LogP contribution in [0.25, 0.3) is 22.6 Å². The molecule has 3 rings (SSSR count). The molecule has 2 aromatic carbocycles. The summed E-state index contributed by atoms with van der Waals surface area (Å²) in [5.41, 5.74) is 10.9.